The van der Waals surface area contributed by atoms with Gasteiger partial charge in [-0.1, -0.05) is 26.0 Å². The molecule has 0 saturated heterocycles. The van der Waals surface area contributed by atoms with Crippen molar-refractivity contribution in [2.24, 2.45) is 0 Å². The standard InChI is InChI=1S/C20H24N2O5/c1-4-22(11-13-5-7-14(8-6-13)19(25)21-27)20(26)16-9-15(12(2)3)17(23)10-18(16)24/h5-10,12,23-24,27H,4,11H2,1-3H3,(H,21,25). The maximum atomic E-state index is 12.9. The van der Waals surface area contributed by atoms with Crippen LogP contribution in [0.3, 0.4) is 0 Å². The molecule has 2 amide bonds. The highest BCUT2D eigenvalue weighted by atomic mass is 16.5. The summed E-state index contributed by atoms with van der Waals surface area (Å²) in [5, 5.41) is 28.7. The predicted molar refractivity (Wildman–Crippen MR) is 100.0 cm³/mol. The van der Waals surface area contributed by atoms with Gasteiger partial charge in [0.2, 0.25) is 0 Å². The Hall–Kier alpha value is -3.06. The summed E-state index contributed by atoms with van der Waals surface area (Å²) in [4.78, 5) is 25.8. The van der Waals surface area contributed by atoms with Crippen LogP contribution in [0, 0.1) is 0 Å². The van der Waals surface area contributed by atoms with Crippen molar-refractivity contribution in [1.29, 1.82) is 0 Å². The molecule has 4 N–H and O–H groups in total. The number of hydrogen-bond donors (Lipinski definition) is 4. The first kappa shape index (κ1) is 20.3. The molecule has 0 aliphatic rings. The largest absolute Gasteiger partial charge is 0.508 e. The van der Waals surface area contributed by atoms with E-state index in [4.69, 9.17) is 5.21 Å². The number of phenolic OH excluding ortho intramolecular Hbond substituents is 2. The molecular formula is C20H24N2O5. The zero-order valence-electron chi connectivity index (χ0n) is 15.6. The maximum Gasteiger partial charge on any atom is 0.274 e. The van der Waals surface area contributed by atoms with Crippen LogP contribution in [0.5, 0.6) is 11.5 Å². The summed E-state index contributed by atoms with van der Waals surface area (Å²) in [5.74, 6) is -1.28. The Balaban J connectivity index is 2.26. The molecule has 0 heterocycles. The number of rotatable bonds is 6. The Labute approximate surface area is 157 Å². The van der Waals surface area contributed by atoms with Gasteiger partial charge < -0.3 is 15.1 Å². The summed E-state index contributed by atoms with van der Waals surface area (Å²) < 4.78 is 0. The lowest BCUT2D eigenvalue weighted by molar-refractivity contribution is 0.0705. The minimum Gasteiger partial charge on any atom is -0.508 e. The van der Waals surface area contributed by atoms with Crippen molar-refractivity contribution >= 4 is 11.8 Å². The van der Waals surface area contributed by atoms with E-state index < -0.39 is 5.91 Å². The van der Waals surface area contributed by atoms with Gasteiger partial charge in [-0.15, -0.1) is 0 Å². The van der Waals surface area contributed by atoms with Crippen molar-refractivity contribution in [3.05, 3.63) is 58.7 Å². The quantitative estimate of drug-likeness (QED) is 0.460. The van der Waals surface area contributed by atoms with Crippen LogP contribution in [-0.4, -0.2) is 38.7 Å². The molecule has 0 aliphatic heterocycles. The normalized spacial score (nSPS) is 10.7. The van der Waals surface area contributed by atoms with Crippen LogP contribution in [-0.2, 0) is 6.54 Å². The van der Waals surface area contributed by atoms with Crippen LogP contribution in [0.2, 0.25) is 0 Å². The van der Waals surface area contributed by atoms with E-state index in [-0.39, 0.29) is 35.4 Å². The molecule has 0 saturated carbocycles. The molecule has 0 atom stereocenters. The first-order valence-electron chi connectivity index (χ1n) is 8.67. The van der Waals surface area contributed by atoms with Crippen LogP contribution in [0.25, 0.3) is 0 Å². The number of hydrogen-bond acceptors (Lipinski definition) is 5. The Bertz CT molecular complexity index is 831. The lowest BCUT2D eigenvalue weighted by Crippen LogP contribution is -2.30. The van der Waals surface area contributed by atoms with Crippen LogP contribution in [0.15, 0.2) is 36.4 Å². The van der Waals surface area contributed by atoms with Gasteiger partial charge in [0.1, 0.15) is 11.5 Å². The first-order chi connectivity index (χ1) is 12.8. The van der Waals surface area contributed by atoms with E-state index in [0.717, 1.165) is 5.56 Å². The second-order valence-electron chi connectivity index (χ2n) is 6.54. The van der Waals surface area contributed by atoms with Crippen LogP contribution in [0.1, 0.15) is 58.5 Å². The number of nitrogens with zero attached hydrogens (tertiary/aromatic N) is 1. The Morgan fingerprint density at radius 1 is 1.07 bits per heavy atom. The topological polar surface area (TPSA) is 110 Å². The van der Waals surface area contributed by atoms with Crippen molar-refractivity contribution in [2.75, 3.05) is 6.54 Å². The van der Waals surface area contributed by atoms with Crippen molar-refractivity contribution in [3.8, 4) is 11.5 Å². The molecule has 144 valence electrons. The van der Waals surface area contributed by atoms with E-state index in [2.05, 4.69) is 0 Å². The van der Waals surface area contributed by atoms with Crippen LogP contribution in [0.4, 0.5) is 0 Å². The van der Waals surface area contributed by atoms with E-state index in [1.165, 1.54) is 12.1 Å². The fourth-order valence-electron chi connectivity index (χ4n) is 2.77. The molecule has 7 nitrogen and oxygen atoms in total. The third-order valence-electron chi connectivity index (χ3n) is 4.36. The molecule has 27 heavy (non-hydrogen) atoms. The molecule has 0 aromatic heterocycles. The zero-order chi connectivity index (χ0) is 20.1. The summed E-state index contributed by atoms with van der Waals surface area (Å²) in [6.45, 7) is 6.30. The molecule has 7 heteroatoms. The molecule has 2 aromatic rings. The molecule has 2 aromatic carbocycles. The molecule has 0 spiro atoms. The average molecular weight is 372 g/mol. The van der Waals surface area contributed by atoms with Gasteiger partial charge in [-0.2, -0.15) is 0 Å². The summed E-state index contributed by atoms with van der Waals surface area (Å²) in [6, 6.07) is 9.20. The number of amides is 2. The molecule has 0 aliphatic carbocycles. The van der Waals surface area contributed by atoms with E-state index >= 15 is 0 Å². The van der Waals surface area contributed by atoms with E-state index in [9.17, 15) is 19.8 Å². The SMILES string of the molecule is CCN(Cc1ccc(C(=O)NO)cc1)C(=O)c1cc(C(C)C)c(O)cc1O. The van der Waals surface area contributed by atoms with Crippen LogP contribution < -0.4 is 5.48 Å². The number of aromatic hydroxyl groups is 2. The summed E-state index contributed by atoms with van der Waals surface area (Å²) >= 11 is 0. The van der Waals surface area contributed by atoms with E-state index in [1.54, 1.807) is 34.6 Å². The number of hydroxylamine groups is 1. The van der Waals surface area contributed by atoms with E-state index in [0.29, 0.717) is 17.7 Å². The fourth-order valence-corrected chi connectivity index (χ4v) is 2.77. The molecular weight excluding hydrogens is 348 g/mol. The molecule has 0 fully saturated rings. The number of nitrogens with one attached hydrogen (secondary N) is 1. The number of benzene rings is 2. The van der Waals surface area contributed by atoms with Gasteiger partial charge in [0, 0.05) is 24.7 Å². The van der Waals surface area contributed by atoms with E-state index in [1.807, 2.05) is 20.8 Å². The minimum atomic E-state index is -0.611. The smallest absolute Gasteiger partial charge is 0.274 e. The van der Waals surface area contributed by atoms with Crippen molar-refractivity contribution in [1.82, 2.24) is 10.4 Å². The fraction of sp³-hybridized carbons (Fsp3) is 0.300. The molecule has 2 rings (SSSR count). The molecule has 0 unspecified atom stereocenters. The number of phenols is 2. The number of carbonyl (C=O) groups excluding carboxylic acids is 2. The minimum absolute atomic E-state index is 0.00237. The van der Waals surface area contributed by atoms with Gasteiger partial charge in [-0.05, 0) is 42.2 Å². The average Bonchev–Trinajstić information content (AvgIpc) is 2.65. The molecule has 0 radical (unpaired) electrons. The third kappa shape index (κ3) is 4.57. The number of carbonyl (C=O) groups is 2. The highest BCUT2D eigenvalue weighted by Crippen LogP contribution is 2.33. The second kappa shape index (κ2) is 8.55. The van der Waals surface area contributed by atoms with Gasteiger partial charge in [-0.3, -0.25) is 14.8 Å². The summed E-state index contributed by atoms with van der Waals surface area (Å²) in [6.07, 6.45) is 0. The van der Waals surface area contributed by atoms with Gasteiger partial charge in [-0.25, -0.2) is 5.48 Å². The lowest BCUT2D eigenvalue weighted by atomic mass is 9.98. The van der Waals surface area contributed by atoms with Crippen molar-refractivity contribution in [3.63, 3.8) is 0 Å². The zero-order valence-corrected chi connectivity index (χ0v) is 15.6. The van der Waals surface area contributed by atoms with Gasteiger partial charge in [0.15, 0.2) is 0 Å². The molecule has 0 bridgehead atoms. The van der Waals surface area contributed by atoms with Gasteiger partial charge in [0.25, 0.3) is 11.8 Å². The highest BCUT2D eigenvalue weighted by molar-refractivity contribution is 5.97. The summed E-state index contributed by atoms with van der Waals surface area (Å²) in [7, 11) is 0. The Kier molecular flexibility index (Phi) is 6.41. The van der Waals surface area contributed by atoms with Crippen LogP contribution >= 0.6 is 0 Å². The maximum absolute atomic E-state index is 12.9. The monoisotopic (exact) mass is 372 g/mol. The van der Waals surface area contributed by atoms with Crippen molar-refractivity contribution < 1.29 is 25.0 Å². The first-order valence-corrected chi connectivity index (χ1v) is 8.67. The Morgan fingerprint density at radius 2 is 1.70 bits per heavy atom. The lowest BCUT2D eigenvalue weighted by Gasteiger charge is -2.22. The van der Waals surface area contributed by atoms with Crippen molar-refractivity contribution in [2.45, 2.75) is 33.2 Å². The predicted octanol–water partition coefficient (Wildman–Crippen LogP) is 3.00. The second-order valence-corrected chi connectivity index (χ2v) is 6.54. The third-order valence-corrected chi connectivity index (χ3v) is 4.36. The highest BCUT2D eigenvalue weighted by Gasteiger charge is 2.21. The summed E-state index contributed by atoms with van der Waals surface area (Å²) in [5.41, 5.74) is 3.38. The van der Waals surface area contributed by atoms with Gasteiger partial charge >= 0.3 is 0 Å². The van der Waals surface area contributed by atoms with Gasteiger partial charge in [0.05, 0.1) is 5.56 Å². The Morgan fingerprint density at radius 3 is 2.22 bits per heavy atom.